The van der Waals surface area contributed by atoms with Gasteiger partial charge in [-0.15, -0.1) is 0 Å². The number of Topliss-reactive ketones (excluding diaryl/α,β-unsaturated/α-hetero) is 1. The molecule has 2 unspecified atom stereocenters. The average molecular weight is 212 g/mol. The highest BCUT2D eigenvalue weighted by atomic mass is 16.3. The minimum absolute atomic E-state index is 0.148. The van der Waals surface area contributed by atoms with Crippen LogP contribution in [0.4, 0.5) is 0 Å². The minimum Gasteiger partial charge on any atom is -0.393 e. The van der Waals surface area contributed by atoms with Crippen molar-refractivity contribution in [1.29, 1.82) is 0 Å². The number of ketones is 1. The van der Waals surface area contributed by atoms with Crippen LogP contribution in [0.2, 0.25) is 0 Å². The van der Waals surface area contributed by atoms with Crippen molar-refractivity contribution in [2.75, 3.05) is 0 Å². The second-order valence-electron chi connectivity index (χ2n) is 5.29. The van der Waals surface area contributed by atoms with E-state index in [1.807, 2.05) is 0 Å². The number of carbonyl (C=O) groups excluding carboxylic acids is 1. The topological polar surface area (TPSA) is 37.3 Å². The number of hydrogen-bond acceptors (Lipinski definition) is 2. The van der Waals surface area contributed by atoms with Gasteiger partial charge in [-0.3, -0.25) is 4.79 Å². The van der Waals surface area contributed by atoms with Crippen LogP contribution in [0.25, 0.3) is 0 Å². The Labute approximate surface area is 93.1 Å². The number of aliphatic hydroxyl groups excluding tert-OH is 1. The van der Waals surface area contributed by atoms with Crippen LogP contribution < -0.4 is 0 Å². The zero-order chi connectivity index (χ0) is 11.3. The Balaban J connectivity index is 2.20. The van der Waals surface area contributed by atoms with Gasteiger partial charge in [-0.25, -0.2) is 0 Å². The lowest BCUT2D eigenvalue weighted by Gasteiger charge is -2.27. The summed E-state index contributed by atoms with van der Waals surface area (Å²) in [5, 5.41) is 9.75. The molecule has 0 amide bonds. The summed E-state index contributed by atoms with van der Waals surface area (Å²) >= 11 is 0. The lowest BCUT2D eigenvalue weighted by atomic mass is 9.83. The minimum atomic E-state index is -0.148. The van der Waals surface area contributed by atoms with E-state index in [-0.39, 0.29) is 6.10 Å². The third kappa shape index (κ3) is 4.78. The molecule has 1 fully saturated rings. The van der Waals surface area contributed by atoms with Crippen molar-refractivity contribution in [2.45, 2.75) is 64.9 Å². The van der Waals surface area contributed by atoms with Gasteiger partial charge in [0.05, 0.1) is 6.10 Å². The molecule has 0 aromatic heterocycles. The van der Waals surface area contributed by atoms with Crippen LogP contribution in [0.15, 0.2) is 0 Å². The van der Waals surface area contributed by atoms with Crippen LogP contribution in [0.5, 0.6) is 0 Å². The third-order valence-electron chi connectivity index (χ3n) is 3.30. The van der Waals surface area contributed by atoms with Gasteiger partial charge in [-0.1, -0.05) is 26.7 Å². The van der Waals surface area contributed by atoms with Gasteiger partial charge < -0.3 is 5.11 Å². The maximum absolute atomic E-state index is 11.5. The Hall–Kier alpha value is -0.370. The van der Waals surface area contributed by atoms with Crippen molar-refractivity contribution in [3.63, 3.8) is 0 Å². The number of rotatable bonds is 5. The van der Waals surface area contributed by atoms with Crippen molar-refractivity contribution in [2.24, 2.45) is 11.8 Å². The molecule has 0 saturated heterocycles. The highest BCUT2D eigenvalue weighted by molar-refractivity contribution is 5.78. The van der Waals surface area contributed by atoms with E-state index in [1.165, 1.54) is 6.42 Å². The molecule has 2 atom stereocenters. The van der Waals surface area contributed by atoms with Crippen LogP contribution in [0, 0.1) is 11.8 Å². The summed E-state index contributed by atoms with van der Waals surface area (Å²) in [5.41, 5.74) is 0. The van der Waals surface area contributed by atoms with Crippen molar-refractivity contribution < 1.29 is 9.90 Å². The highest BCUT2D eigenvalue weighted by Gasteiger charge is 2.23. The quantitative estimate of drug-likeness (QED) is 0.760. The van der Waals surface area contributed by atoms with Gasteiger partial charge in [0.25, 0.3) is 0 Å². The molecule has 0 aromatic carbocycles. The molecule has 1 aliphatic rings. The molecular weight excluding hydrogens is 188 g/mol. The molecule has 0 radical (unpaired) electrons. The predicted octanol–water partition coefficient (Wildman–Crippen LogP) is 2.93. The van der Waals surface area contributed by atoms with Gasteiger partial charge in [0.2, 0.25) is 0 Å². The van der Waals surface area contributed by atoms with E-state index in [0.717, 1.165) is 25.7 Å². The summed E-state index contributed by atoms with van der Waals surface area (Å²) in [7, 11) is 0. The molecule has 1 saturated carbocycles. The standard InChI is InChI=1S/C13H24O2/c1-10(2)9-12(14)8-7-11-5-3-4-6-13(11)15/h10-11,13,15H,3-9H2,1-2H3. The fraction of sp³-hybridized carbons (Fsp3) is 0.923. The number of hydrogen-bond donors (Lipinski definition) is 1. The van der Waals surface area contributed by atoms with E-state index in [0.29, 0.717) is 30.5 Å². The smallest absolute Gasteiger partial charge is 0.133 e. The molecule has 1 N–H and O–H groups in total. The largest absolute Gasteiger partial charge is 0.393 e. The summed E-state index contributed by atoms with van der Waals surface area (Å²) < 4.78 is 0. The summed E-state index contributed by atoms with van der Waals surface area (Å²) in [5.74, 6) is 1.21. The Bertz CT molecular complexity index is 199. The molecule has 1 aliphatic carbocycles. The first-order valence-corrected chi connectivity index (χ1v) is 6.29. The van der Waals surface area contributed by atoms with Crippen molar-refractivity contribution in [1.82, 2.24) is 0 Å². The third-order valence-corrected chi connectivity index (χ3v) is 3.30. The molecule has 2 heteroatoms. The molecule has 2 nitrogen and oxygen atoms in total. The summed E-state index contributed by atoms with van der Waals surface area (Å²) in [6, 6.07) is 0. The normalized spacial score (nSPS) is 26.9. The van der Waals surface area contributed by atoms with Gasteiger partial charge in [0.15, 0.2) is 0 Å². The van der Waals surface area contributed by atoms with Gasteiger partial charge in [-0.2, -0.15) is 0 Å². The fourth-order valence-corrected chi connectivity index (χ4v) is 2.43. The van der Waals surface area contributed by atoms with Crippen molar-refractivity contribution >= 4 is 5.78 Å². The summed E-state index contributed by atoms with van der Waals surface area (Å²) in [6.45, 7) is 4.15. The zero-order valence-corrected chi connectivity index (χ0v) is 10.0. The predicted molar refractivity (Wildman–Crippen MR) is 61.7 cm³/mol. The Morgan fingerprint density at radius 1 is 1.33 bits per heavy atom. The molecular formula is C13H24O2. The first-order valence-electron chi connectivity index (χ1n) is 6.29. The van der Waals surface area contributed by atoms with E-state index >= 15 is 0 Å². The molecule has 88 valence electrons. The molecule has 0 heterocycles. The van der Waals surface area contributed by atoms with Gasteiger partial charge >= 0.3 is 0 Å². The summed E-state index contributed by atoms with van der Waals surface area (Å²) in [4.78, 5) is 11.5. The van der Waals surface area contributed by atoms with Crippen LogP contribution in [0.1, 0.15) is 58.8 Å². The van der Waals surface area contributed by atoms with Gasteiger partial charge in [0, 0.05) is 12.8 Å². The first kappa shape index (κ1) is 12.7. The number of aliphatic hydroxyl groups is 1. The van der Waals surface area contributed by atoms with Gasteiger partial charge in [-0.05, 0) is 31.1 Å². The van der Waals surface area contributed by atoms with E-state index in [2.05, 4.69) is 13.8 Å². The van der Waals surface area contributed by atoms with Crippen LogP contribution >= 0.6 is 0 Å². The lowest BCUT2D eigenvalue weighted by Crippen LogP contribution is -2.25. The second kappa shape index (κ2) is 6.26. The molecule has 0 aromatic rings. The molecule has 15 heavy (non-hydrogen) atoms. The Kier molecular flexibility index (Phi) is 5.30. The van der Waals surface area contributed by atoms with Crippen LogP contribution in [0.3, 0.4) is 0 Å². The number of carbonyl (C=O) groups is 1. The average Bonchev–Trinajstić information content (AvgIpc) is 2.15. The van der Waals surface area contributed by atoms with E-state index in [1.54, 1.807) is 0 Å². The molecule has 0 spiro atoms. The molecule has 0 aliphatic heterocycles. The van der Waals surface area contributed by atoms with E-state index < -0.39 is 0 Å². The first-order chi connectivity index (χ1) is 7.09. The van der Waals surface area contributed by atoms with Crippen molar-refractivity contribution in [3.8, 4) is 0 Å². The fourth-order valence-electron chi connectivity index (χ4n) is 2.43. The highest BCUT2D eigenvalue weighted by Crippen LogP contribution is 2.28. The summed E-state index contributed by atoms with van der Waals surface area (Å²) in [6.07, 6.45) is 6.53. The lowest BCUT2D eigenvalue weighted by molar-refractivity contribution is -0.120. The Morgan fingerprint density at radius 3 is 2.60 bits per heavy atom. The SMILES string of the molecule is CC(C)CC(=O)CCC1CCCCC1O. The maximum Gasteiger partial charge on any atom is 0.133 e. The van der Waals surface area contributed by atoms with Crippen LogP contribution in [-0.2, 0) is 4.79 Å². The van der Waals surface area contributed by atoms with Gasteiger partial charge in [0.1, 0.15) is 5.78 Å². The second-order valence-corrected chi connectivity index (χ2v) is 5.29. The monoisotopic (exact) mass is 212 g/mol. The Morgan fingerprint density at radius 2 is 2.00 bits per heavy atom. The van der Waals surface area contributed by atoms with E-state index in [9.17, 15) is 9.90 Å². The molecule has 1 rings (SSSR count). The zero-order valence-electron chi connectivity index (χ0n) is 10.0. The maximum atomic E-state index is 11.5. The van der Waals surface area contributed by atoms with E-state index in [4.69, 9.17) is 0 Å². The van der Waals surface area contributed by atoms with Crippen molar-refractivity contribution in [3.05, 3.63) is 0 Å². The molecule has 0 bridgehead atoms. The van der Waals surface area contributed by atoms with Crippen LogP contribution in [-0.4, -0.2) is 17.0 Å².